The van der Waals surface area contributed by atoms with E-state index in [1.54, 1.807) is 18.2 Å². The molecule has 2 fully saturated rings. The zero-order valence-corrected chi connectivity index (χ0v) is 26.4. The van der Waals surface area contributed by atoms with Crippen LogP contribution in [0.4, 0.5) is 5.69 Å². The van der Waals surface area contributed by atoms with Crippen molar-refractivity contribution in [3.8, 4) is 0 Å². The standard InChI is InChI=1S/C36H35Cl2N3O4/c37-27-10-8-24(9-11-27)19-29(39-36(44)34-22-32(42)30-13-12-28(38)21-33(30)45-34)20-25-14-17-40(18-15-25)31-6-2-1-5-26(31)23-41-16-4-3-7-35(41)43/h1-2,5-6,8-13,20-22,29H,3-4,7,14-19,23H2,(H,39,44)/t29-/m0/s1. The van der Waals surface area contributed by atoms with Gasteiger partial charge >= 0.3 is 0 Å². The minimum atomic E-state index is -0.469. The number of para-hydroxylation sites is 1. The van der Waals surface area contributed by atoms with Crippen molar-refractivity contribution in [3.63, 3.8) is 0 Å². The van der Waals surface area contributed by atoms with Gasteiger partial charge in [-0.05, 0) is 73.6 Å². The number of likely N-dealkylation sites (tertiary alicyclic amines) is 1. The van der Waals surface area contributed by atoms with Crippen molar-refractivity contribution in [2.75, 3.05) is 24.5 Å². The molecule has 1 N–H and O–H groups in total. The van der Waals surface area contributed by atoms with Crippen LogP contribution in [0.3, 0.4) is 0 Å². The fourth-order valence-corrected chi connectivity index (χ4v) is 6.47. The molecule has 0 saturated carbocycles. The molecule has 2 aliphatic rings. The third kappa shape index (κ3) is 7.60. The van der Waals surface area contributed by atoms with Gasteiger partial charge in [-0.3, -0.25) is 14.4 Å². The van der Waals surface area contributed by atoms with Crippen molar-refractivity contribution >= 4 is 51.7 Å². The van der Waals surface area contributed by atoms with Gasteiger partial charge in [-0.15, -0.1) is 0 Å². The van der Waals surface area contributed by atoms with E-state index in [0.29, 0.717) is 34.8 Å². The molecular weight excluding hydrogens is 609 g/mol. The average molecular weight is 645 g/mol. The first-order valence-electron chi connectivity index (χ1n) is 15.4. The number of nitrogens with one attached hydrogen (secondary N) is 1. The number of piperidine rings is 2. The van der Waals surface area contributed by atoms with E-state index < -0.39 is 5.91 Å². The van der Waals surface area contributed by atoms with Gasteiger partial charge in [0.2, 0.25) is 5.91 Å². The summed E-state index contributed by atoms with van der Waals surface area (Å²) in [5, 5.41) is 4.52. The van der Waals surface area contributed by atoms with Crippen LogP contribution in [0.5, 0.6) is 0 Å². The summed E-state index contributed by atoms with van der Waals surface area (Å²) < 4.78 is 5.81. The van der Waals surface area contributed by atoms with Crippen molar-refractivity contribution in [1.82, 2.24) is 10.2 Å². The number of benzene rings is 3. The van der Waals surface area contributed by atoms with E-state index in [1.807, 2.05) is 35.2 Å². The first-order valence-corrected chi connectivity index (χ1v) is 16.2. The van der Waals surface area contributed by atoms with Crippen molar-refractivity contribution in [2.24, 2.45) is 0 Å². The largest absolute Gasteiger partial charge is 0.451 e. The highest BCUT2D eigenvalue weighted by Crippen LogP contribution is 2.29. The van der Waals surface area contributed by atoms with Crippen LogP contribution in [0, 0.1) is 0 Å². The van der Waals surface area contributed by atoms with Crippen LogP contribution in [0.15, 0.2) is 93.7 Å². The Morgan fingerprint density at radius 3 is 2.42 bits per heavy atom. The molecular formula is C36H35Cl2N3O4. The summed E-state index contributed by atoms with van der Waals surface area (Å²) in [5.74, 6) is -0.295. The van der Waals surface area contributed by atoms with Crippen LogP contribution in [0.2, 0.25) is 10.0 Å². The van der Waals surface area contributed by atoms with E-state index in [0.717, 1.165) is 50.9 Å². The molecule has 3 aromatic carbocycles. The normalized spacial score (nSPS) is 16.1. The summed E-state index contributed by atoms with van der Waals surface area (Å²) in [4.78, 5) is 43.0. The topological polar surface area (TPSA) is 82.9 Å². The molecule has 0 unspecified atom stereocenters. The molecule has 45 heavy (non-hydrogen) atoms. The van der Waals surface area contributed by atoms with Crippen LogP contribution in [0.1, 0.15) is 53.8 Å². The summed E-state index contributed by atoms with van der Waals surface area (Å²) in [5.41, 5.74) is 4.58. The first kappa shape index (κ1) is 30.9. The Morgan fingerprint density at radius 1 is 0.889 bits per heavy atom. The number of carbonyl (C=O) groups excluding carboxylic acids is 2. The summed E-state index contributed by atoms with van der Waals surface area (Å²) in [6.07, 6.45) is 7.03. The van der Waals surface area contributed by atoms with Gasteiger partial charge in [0, 0.05) is 60.5 Å². The summed E-state index contributed by atoms with van der Waals surface area (Å²) in [6.45, 7) is 3.12. The number of amides is 2. The average Bonchev–Trinajstić information content (AvgIpc) is 3.03. The highest BCUT2D eigenvalue weighted by atomic mass is 35.5. The predicted octanol–water partition coefficient (Wildman–Crippen LogP) is 7.18. The predicted molar refractivity (Wildman–Crippen MR) is 179 cm³/mol. The number of halogens is 2. The number of hydrogen-bond donors (Lipinski definition) is 1. The molecule has 6 rings (SSSR count). The van der Waals surface area contributed by atoms with E-state index in [-0.39, 0.29) is 28.7 Å². The van der Waals surface area contributed by atoms with Gasteiger partial charge in [0.1, 0.15) is 5.58 Å². The Morgan fingerprint density at radius 2 is 1.64 bits per heavy atom. The maximum absolute atomic E-state index is 13.4. The Labute approximate surface area is 272 Å². The fraction of sp³-hybridized carbons (Fsp3) is 0.306. The molecule has 9 heteroatoms. The lowest BCUT2D eigenvalue weighted by atomic mass is 9.97. The second-order valence-corrected chi connectivity index (χ2v) is 12.6. The van der Waals surface area contributed by atoms with E-state index in [2.05, 4.69) is 34.5 Å². The number of carbonyl (C=O) groups is 2. The highest BCUT2D eigenvalue weighted by molar-refractivity contribution is 6.31. The fourth-order valence-electron chi connectivity index (χ4n) is 6.18. The van der Waals surface area contributed by atoms with Crippen molar-refractivity contribution in [1.29, 1.82) is 0 Å². The molecule has 3 heterocycles. The van der Waals surface area contributed by atoms with Crippen molar-refractivity contribution in [3.05, 3.63) is 122 Å². The molecule has 2 saturated heterocycles. The van der Waals surface area contributed by atoms with Crippen LogP contribution in [0.25, 0.3) is 11.0 Å². The molecule has 232 valence electrons. The molecule has 2 aliphatic heterocycles. The molecule has 0 spiro atoms. The van der Waals surface area contributed by atoms with E-state index >= 15 is 0 Å². The molecule has 0 radical (unpaired) electrons. The van der Waals surface area contributed by atoms with E-state index in [1.165, 1.54) is 22.9 Å². The Kier molecular flexibility index (Phi) is 9.57. The van der Waals surface area contributed by atoms with Crippen LogP contribution >= 0.6 is 23.2 Å². The molecule has 0 aliphatic carbocycles. The van der Waals surface area contributed by atoms with Gasteiger partial charge in [-0.1, -0.05) is 65.2 Å². The maximum Gasteiger partial charge on any atom is 0.287 e. The van der Waals surface area contributed by atoms with E-state index in [9.17, 15) is 14.4 Å². The van der Waals surface area contributed by atoms with Crippen molar-refractivity contribution in [2.45, 2.75) is 51.1 Å². The highest BCUT2D eigenvalue weighted by Gasteiger charge is 2.23. The minimum absolute atomic E-state index is 0.0621. The molecule has 1 aromatic heterocycles. The van der Waals surface area contributed by atoms with Gasteiger partial charge in [0.15, 0.2) is 11.2 Å². The maximum atomic E-state index is 13.4. The summed E-state index contributed by atoms with van der Waals surface area (Å²) in [7, 11) is 0. The van der Waals surface area contributed by atoms with Gasteiger partial charge in [0.05, 0.1) is 11.4 Å². The second kappa shape index (κ2) is 13.9. The smallest absolute Gasteiger partial charge is 0.287 e. The Balaban J connectivity index is 1.19. The van der Waals surface area contributed by atoms with E-state index in [4.69, 9.17) is 27.6 Å². The monoisotopic (exact) mass is 643 g/mol. The second-order valence-electron chi connectivity index (χ2n) is 11.7. The Hall–Kier alpha value is -4.07. The lowest BCUT2D eigenvalue weighted by Crippen LogP contribution is -2.37. The first-order chi connectivity index (χ1) is 21.8. The molecule has 7 nitrogen and oxygen atoms in total. The number of nitrogens with zero attached hydrogens (tertiary/aromatic N) is 2. The van der Waals surface area contributed by atoms with Crippen LogP contribution in [-0.2, 0) is 17.8 Å². The Bertz CT molecular complexity index is 1790. The minimum Gasteiger partial charge on any atom is -0.451 e. The zero-order valence-electron chi connectivity index (χ0n) is 24.9. The number of fused-ring (bicyclic) bond motifs is 1. The summed E-state index contributed by atoms with van der Waals surface area (Å²) >= 11 is 12.2. The third-order valence-electron chi connectivity index (χ3n) is 8.56. The molecule has 2 amide bonds. The molecule has 4 aromatic rings. The number of anilines is 1. The number of hydrogen-bond acceptors (Lipinski definition) is 5. The van der Waals surface area contributed by atoms with Gasteiger partial charge in [-0.2, -0.15) is 0 Å². The van der Waals surface area contributed by atoms with Crippen LogP contribution < -0.4 is 15.6 Å². The zero-order chi connectivity index (χ0) is 31.3. The van der Waals surface area contributed by atoms with Gasteiger partial charge in [-0.25, -0.2) is 0 Å². The lowest BCUT2D eigenvalue weighted by Gasteiger charge is -2.34. The van der Waals surface area contributed by atoms with Gasteiger partial charge < -0.3 is 19.5 Å². The summed E-state index contributed by atoms with van der Waals surface area (Å²) in [6, 6.07) is 21.6. The quantitative estimate of drug-likeness (QED) is 0.206. The van der Waals surface area contributed by atoms with Crippen LogP contribution in [-0.4, -0.2) is 42.4 Å². The molecule has 0 bridgehead atoms. The van der Waals surface area contributed by atoms with Gasteiger partial charge in [0.25, 0.3) is 5.91 Å². The lowest BCUT2D eigenvalue weighted by molar-refractivity contribution is -0.133. The third-order valence-corrected chi connectivity index (χ3v) is 9.04. The number of rotatable bonds is 8. The molecule has 1 atom stereocenters. The SMILES string of the molecule is O=C(N[C@H](C=C1CCN(c2ccccc2CN2CCCCC2=O)CC1)Cc1ccc(Cl)cc1)c1cc(=O)c2ccc(Cl)cc2o1. The van der Waals surface area contributed by atoms with Crippen molar-refractivity contribution < 1.29 is 14.0 Å².